The van der Waals surface area contributed by atoms with E-state index in [0.29, 0.717) is 0 Å². The molecular weight excluding hydrogens is 239 g/mol. The molecule has 0 spiro atoms. The van der Waals surface area contributed by atoms with Gasteiger partial charge in [0.1, 0.15) is 5.82 Å². The van der Waals surface area contributed by atoms with Gasteiger partial charge in [-0.25, -0.2) is 4.39 Å². The Kier molecular flexibility index (Phi) is 5.34. The van der Waals surface area contributed by atoms with Crippen LogP contribution >= 0.6 is 0 Å². The summed E-state index contributed by atoms with van der Waals surface area (Å²) in [4.78, 5) is 2.35. The number of hydrogen-bond acceptors (Lipinski definition) is 2. The van der Waals surface area contributed by atoms with Crippen molar-refractivity contribution in [3.63, 3.8) is 0 Å². The highest BCUT2D eigenvalue weighted by atomic mass is 19.1. The predicted molar refractivity (Wildman–Crippen MR) is 77.5 cm³/mol. The fraction of sp³-hybridized carbons (Fsp3) is 0.625. The van der Waals surface area contributed by atoms with Gasteiger partial charge in [0.15, 0.2) is 0 Å². The number of nitrogens with zero attached hydrogens (tertiary/aromatic N) is 1. The first-order valence-corrected chi connectivity index (χ1v) is 7.43. The zero-order chi connectivity index (χ0) is 13.7. The lowest BCUT2D eigenvalue weighted by Gasteiger charge is -2.21. The molecule has 1 fully saturated rings. The van der Waals surface area contributed by atoms with Crippen LogP contribution in [0.3, 0.4) is 0 Å². The Bertz CT molecular complexity index is 402. The summed E-state index contributed by atoms with van der Waals surface area (Å²) in [6.45, 7) is 8.84. The molecule has 1 N–H and O–H groups in total. The highest BCUT2D eigenvalue weighted by Crippen LogP contribution is 2.30. The van der Waals surface area contributed by atoms with Crippen molar-refractivity contribution in [1.29, 1.82) is 0 Å². The molecule has 19 heavy (non-hydrogen) atoms. The SMILES string of the molecule is CCNCc1ccc(F)c(CN(CC)CC2CC2)c1. The molecule has 0 unspecified atom stereocenters. The molecule has 0 aromatic heterocycles. The van der Waals surface area contributed by atoms with Crippen molar-refractivity contribution in [3.05, 3.63) is 35.1 Å². The quantitative estimate of drug-likeness (QED) is 0.776. The Morgan fingerprint density at radius 1 is 1.32 bits per heavy atom. The van der Waals surface area contributed by atoms with Crippen molar-refractivity contribution in [2.45, 2.75) is 39.8 Å². The lowest BCUT2D eigenvalue weighted by Crippen LogP contribution is -2.25. The molecule has 0 amide bonds. The van der Waals surface area contributed by atoms with Crippen molar-refractivity contribution in [3.8, 4) is 0 Å². The molecule has 1 aromatic rings. The maximum atomic E-state index is 13.9. The summed E-state index contributed by atoms with van der Waals surface area (Å²) in [6, 6.07) is 5.49. The third kappa shape index (κ3) is 4.59. The van der Waals surface area contributed by atoms with Gasteiger partial charge in [0.05, 0.1) is 0 Å². The van der Waals surface area contributed by atoms with Crippen LogP contribution in [0.2, 0.25) is 0 Å². The van der Waals surface area contributed by atoms with Crippen LogP contribution in [0.5, 0.6) is 0 Å². The molecule has 1 aromatic carbocycles. The molecule has 0 radical (unpaired) electrons. The van der Waals surface area contributed by atoms with Crippen molar-refractivity contribution >= 4 is 0 Å². The molecular formula is C16H25FN2. The van der Waals surface area contributed by atoms with Gasteiger partial charge in [-0.2, -0.15) is 0 Å². The van der Waals surface area contributed by atoms with Gasteiger partial charge < -0.3 is 5.32 Å². The molecule has 0 saturated heterocycles. The third-order valence-electron chi connectivity index (χ3n) is 3.74. The molecule has 0 bridgehead atoms. The average molecular weight is 264 g/mol. The summed E-state index contributed by atoms with van der Waals surface area (Å²) < 4.78 is 13.9. The fourth-order valence-electron chi connectivity index (χ4n) is 2.34. The van der Waals surface area contributed by atoms with Crippen molar-refractivity contribution in [2.24, 2.45) is 5.92 Å². The summed E-state index contributed by atoms with van der Waals surface area (Å²) in [5.41, 5.74) is 2.00. The van der Waals surface area contributed by atoms with Crippen LogP contribution < -0.4 is 5.32 Å². The minimum Gasteiger partial charge on any atom is -0.313 e. The minimum absolute atomic E-state index is 0.0745. The Labute approximate surface area is 116 Å². The maximum absolute atomic E-state index is 13.9. The molecule has 3 heteroatoms. The average Bonchev–Trinajstić information content (AvgIpc) is 3.22. The summed E-state index contributed by atoms with van der Waals surface area (Å²) in [5.74, 6) is 0.780. The lowest BCUT2D eigenvalue weighted by atomic mass is 10.1. The van der Waals surface area contributed by atoms with E-state index in [0.717, 1.165) is 44.2 Å². The first-order chi connectivity index (χ1) is 9.22. The first-order valence-electron chi connectivity index (χ1n) is 7.43. The highest BCUT2D eigenvalue weighted by molar-refractivity contribution is 5.25. The van der Waals surface area contributed by atoms with Gasteiger partial charge in [-0.15, -0.1) is 0 Å². The molecule has 106 valence electrons. The van der Waals surface area contributed by atoms with E-state index in [9.17, 15) is 4.39 Å². The molecule has 1 aliphatic carbocycles. The smallest absolute Gasteiger partial charge is 0.127 e. The third-order valence-corrected chi connectivity index (χ3v) is 3.74. The Morgan fingerprint density at radius 2 is 2.11 bits per heavy atom. The number of halogens is 1. The van der Waals surface area contributed by atoms with Gasteiger partial charge in [0.2, 0.25) is 0 Å². The maximum Gasteiger partial charge on any atom is 0.127 e. The molecule has 0 heterocycles. The van der Waals surface area contributed by atoms with Crippen LogP contribution in [0.25, 0.3) is 0 Å². The van der Waals surface area contributed by atoms with Crippen molar-refractivity contribution < 1.29 is 4.39 Å². The van der Waals surface area contributed by atoms with Crippen LogP contribution in [-0.2, 0) is 13.1 Å². The van der Waals surface area contributed by atoms with Crippen LogP contribution in [0, 0.1) is 11.7 Å². The second-order valence-corrected chi connectivity index (χ2v) is 5.48. The largest absolute Gasteiger partial charge is 0.313 e. The Hall–Kier alpha value is -0.930. The highest BCUT2D eigenvalue weighted by Gasteiger charge is 2.24. The number of nitrogens with one attached hydrogen (secondary N) is 1. The van der Waals surface area contributed by atoms with Crippen LogP contribution in [-0.4, -0.2) is 24.5 Å². The van der Waals surface area contributed by atoms with E-state index in [4.69, 9.17) is 0 Å². The van der Waals surface area contributed by atoms with Gasteiger partial charge in [-0.3, -0.25) is 4.90 Å². The van der Waals surface area contributed by atoms with E-state index < -0.39 is 0 Å². The van der Waals surface area contributed by atoms with Crippen LogP contribution in [0.1, 0.15) is 37.8 Å². The van der Waals surface area contributed by atoms with Crippen LogP contribution in [0.4, 0.5) is 4.39 Å². The normalized spacial score (nSPS) is 15.2. The summed E-state index contributed by atoms with van der Waals surface area (Å²) in [7, 11) is 0. The second kappa shape index (κ2) is 7.01. The number of hydrogen-bond donors (Lipinski definition) is 1. The number of rotatable bonds is 8. The molecule has 1 saturated carbocycles. The van der Waals surface area contributed by atoms with Gasteiger partial charge in [0.25, 0.3) is 0 Å². The van der Waals surface area contributed by atoms with E-state index in [1.54, 1.807) is 6.07 Å². The molecule has 1 aliphatic rings. The first kappa shape index (κ1) is 14.5. The zero-order valence-electron chi connectivity index (χ0n) is 12.1. The van der Waals surface area contributed by atoms with E-state index in [-0.39, 0.29) is 5.82 Å². The topological polar surface area (TPSA) is 15.3 Å². The van der Waals surface area contributed by atoms with E-state index in [1.807, 2.05) is 12.1 Å². The standard InChI is InChI=1S/C16H25FN2/c1-3-18-10-14-7-8-16(17)15(9-14)12-19(4-2)11-13-5-6-13/h7-9,13,18H,3-6,10-12H2,1-2H3. The van der Waals surface area contributed by atoms with Gasteiger partial charge in [-0.1, -0.05) is 26.0 Å². The Morgan fingerprint density at radius 3 is 2.74 bits per heavy atom. The van der Waals surface area contributed by atoms with Gasteiger partial charge >= 0.3 is 0 Å². The summed E-state index contributed by atoms with van der Waals surface area (Å²) in [5, 5.41) is 3.28. The van der Waals surface area contributed by atoms with Crippen LogP contribution in [0.15, 0.2) is 18.2 Å². The lowest BCUT2D eigenvalue weighted by molar-refractivity contribution is 0.264. The molecule has 2 nitrogen and oxygen atoms in total. The number of benzene rings is 1. The minimum atomic E-state index is -0.0745. The summed E-state index contributed by atoms with van der Waals surface area (Å²) >= 11 is 0. The summed E-state index contributed by atoms with van der Waals surface area (Å²) in [6.07, 6.45) is 2.69. The zero-order valence-corrected chi connectivity index (χ0v) is 12.1. The Balaban J connectivity index is 1.99. The second-order valence-electron chi connectivity index (χ2n) is 5.48. The van der Waals surface area contributed by atoms with Crippen molar-refractivity contribution in [1.82, 2.24) is 10.2 Å². The molecule has 2 rings (SSSR count). The molecule has 0 aliphatic heterocycles. The van der Waals surface area contributed by atoms with Gasteiger partial charge in [-0.05, 0) is 43.5 Å². The van der Waals surface area contributed by atoms with E-state index in [2.05, 4.69) is 24.1 Å². The fourth-order valence-corrected chi connectivity index (χ4v) is 2.34. The van der Waals surface area contributed by atoms with Crippen molar-refractivity contribution in [2.75, 3.05) is 19.6 Å². The van der Waals surface area contributed by atoms with E-state index >= 15 is 0 Å². The predicted octanol–water partition coefficient (Wildman–Crippen LogP) is 3.17. The monoisotopic (exact) mass is 264 g/mol. The molecule has 0 atom stereocenters. The van der Waals surface area contributed by atoms with E-state index in [1.165, 1.54) is 18.4 Å². The van der Waals surface area contributed by atoms with Gasteiger partial charge in [0, 0.05) is 25.2 Å².